The summed E-state index contributed by atoms with van der Waals surface area (Å²) in [6.07, 6.45) is -7.36. The van der Waals surface area contributed by atoms with Crippen molar-refractivity contribution in [1.29, 1.82) is 0 Å². The number of anilines is 1. The zero-order chi connectivity index (χ0) is 21.7. The van der Waals surface area contributed by atoms with Crippen LogP contribution in [0.2, 0.25) is 0 Å². The van der Waals surface area contributed by atoms with E-state index < -0.39 is 70.5 Å². The Morgan fingerprint density at radius 1 is 0.556 bits per heavy atom. The first kappa shape index (κ1) is 23.0. The number of alkyl halides is 10. The van der Waals surface area contributed by atoms with Crippen LogP contribution in [0.15, 0.2) is 0 Å². The highest BCUT2D eigenvalue weighted by Gasteiger charge is 2.83. The molecule has 27 heavy (non-hydrogen) atoms. The summed E-state index contributed by atoms with van der Waals surface area (Å²) in [5.74, 6) is -31.1. The molecule has 0 radical (unpaired) electrons. The van der Waals surface area contributed by atoms with Crippen molar-refractivity contribution in [2.75, 3.05) is 11.7 Å². The molecular weight excluding hydrogens is 431 g/mol. The second-order valence-corrected chi connectivity index (χ2v) is 4.65. The normalized spacial score (nSPS) is 13.9. The Bertz CT molecular complexity index is 692. The van der Waals surface area contributed by atoms with E-state index in [1.807, 2.05) is 0 Å². The first-order valence-electron chi connectivity index (χ1n) is 5.93. The predicted molar refractivity (Wildman–Crippen MR) is 55.6 cm³/mol. The summed E-state index contributed by atoms with van der Waals surface area (Å²) in [6.45, 7) is -3.35. The lowest BCUT2D eigenvalue weighted by Crippen LogP contribution is -2.66. The van der Waals surface area contributed by atoms with Crippen molar-refractivity contribution >= 4 is 5.69 Å². The van der Waals surface area contributed by atoms with Gasteiger partial charge in [-0.15, -0.1) is 0 Å². The van der Waals surface area contributed by atoms with Crippen molar-refractivity contribution in [3.8, 4) is 0 Å². The minimum atomic E-state index is -7.61. The molecule has 0 aliphatic heterocycles. The zero-order valence-electron chi connectivity index (χ0n) is 11.8. The van der Waals surface area contributed by atoms with Gasteiger partial charge in [-0.3, -0.25) is 4.90 Å². The van der Waals surface area contributed by atoms with Crippen LogP contribution >= 0.6 is 0 Å². The summed E-state index contributed by atoms with van der Waals surface area (Å²) < 4.78 is 193. The lowest BCUT2D eigenvalue weighted by Gasteiger charge is -2.39. The fraction of sp³-hybridized carbons (Fsp3) is 0.455. The van der Waals surface area contributed by atoms with E-state index in [4.69, 9.17) is 0 Å². The molecule has 1 rings (SSSR count). The number of rotatable bonds is 5. The van der Waals surface area contributed by atoms with Gasteiger partial charge in [0, 0.05) is 0 Å². The first-order chi connectivity index (χ1) is 11.9. The molecule has 0 unspecified atom stereocenters. The Balaban J connectivity index is 3.76. The van der Waals surface area contributed by atoms with E-state index in [9.17, 15) is 65.9 Å². The maximum absolute atomic E-state index is 13.6. The van der Waals surface area contributed by atoms with Crippen molar-refractivity contribution in [2.45, 2.75) is 24.1 Å². The molecule has 0 atom stereocenters. The van der Waals surface area contributed by atoms with Crippen molar-refractivity contribution in [3.63, 3.8) is 0 Å². The zero-order valence-corrected chi connectivity index (χ0v) is 11.8. The Hall–Kier alpha value is -2.03. The summed E-state index contributed by atoms with van der Waals surface area (Å²) in [6, 6.07) is -7.11. The van der Waals surface area contributed by atoms with Gasteiger partial charge in [-0.25, -0.2) is 26.3 Å². The average molecular weight is 433 g/mol. The van der Waals surface area contributed by atoms with Gasteiger partial charge in [0.05, 0.1) is 0 Å². The highest BCUT2D eigenvalue weighted by atomic mass is 19.4. The number of benzene rings is 1. The molecule has 0 bridgehead atoms. The summed E-state index contributed by atoms with van der Waals surface area (Å²) in [4.78, 5) is -2.44. The quantitative estimate of drug-likeness (QED) is 0.255. The van der Waals surface area contributed by atoms with E-state index in [1.54, 1.807) is 0 Å². The minimum Gasteiger partial charge on any atom is -0.274 e. The summed E-state index contributed by atoms with van der Waals surface area (Å²) in [5.41, 5.74) is -3.18. The molecule has 1 aromatic rings. The molecular formula is C11H2F15N. The van der Waals surface area contributed by atoms with Crippen LogP contribution < -0.4 is 4.90 Å². The molecule has 0 aliphatic rings. The molecule has 0 spiro atoms. The SMILES string of the molecule is FCN(c1c(F)c(F)c(F)c(F)c1F)C(F)(F)C(F)(F)C(F)(F)C(F)(F)F. The smallest absolute Gasteiger partial charge is 0.274 e. The number of halogens is 15. The maximum Gasteiger partial charge on any atom is 0.460 e. The summed E-state index contributed by atoms with van der Waals surface area (Å²) >= 11 is 0. The highest BCUT2D eigenvalue weighted by molar-refractivity contribution is 5.52. The van der Waals surface area contributed by atoms with E-state index in [-0.39, 0.29) is 0 Å². The predicted octanol–water partition coefficient (Wildman–Crippen LogP) is 5.54. The Morgan fingerprint density at radius 3 is 1.19 bits per heavy atom. The van der Waals surface area contributed by atoms with Crippen molar-refractivity contribution in [3.05, 3.63) is 29.1 Å². The summed E-state index contributed by atoms with van der Waals surface area (Å²) in [5, 5.41) is 0. The molecule has 0 fully saturated rings. The second-order valence-electron chi connectivity index (χ2n) is 4.65. The third-order valence-corrected chi connectivity index (χ3v) is 3.04. The van der Waals surface area contributed by atoms with Gasteiger partial charge < -0.3 is 0 Å². The van der Waals surface area contributed by atoms with Gasteiger partial charge in [-0.05, 0) is 0 Å². The Labute approximate surface area is 137 Å². The summed E-state index contributed by atoms with van der Waals surface area (Å²) in [7, 11) is 0. The van der Waals surface area contributed by atoms with Crippen LogP contribution in [0.3, 0.4) is 0 Å². The number of nitrogens with zero attached hydrogens (tertiary/aromatic N) is 1. The molecule has 1 aromatic carbocycles. The molecule has 156 valence electrons. The largest absolute Gasteiger partial charge is 0.460 e. The highest BCUT2D eigenvalue weighted by Crippen LogP contribution is 2.55. The molecule has 0 heterocycles. The van der Waals surface area contributed by atoms with E-state index in [2.05, 4.69) is 0 Å². The molecule has 0 saturated heterocycles. The van der Waals surface area contributed by atoms with Crippen molar-refractivity contribution < 1.29 is 65.9 Å². The lowest BCUT2D eigenvalue weighted by atomic mass is 10.1. The van der Waals surface area contributed by atoms with Crippen LogP contribution in [0.25, 0.3) is 0 Å². The monoisotopic (exact) mass is 433 g/mol. The van der Waals surface area contributed by atoms with Crippen LogP contribution in [0.1, 0.15) is 0 Å². The van der Waals surface area contributed by atoms with Crippen molar-refractivity contribution in [2.24, 2.45) is 0 Å². The van der Waals surface area contributed by atoms with Gasteiger partial charge in [0.15, 0.2) is 30.1 Å². The van der Waals surface area contributed by atoms with Gasteiger partial charge in [0.25, 0.3) is 0 Å². The van der Waals surface area contributed by atoms with Crippen LogP contribution in [0.5, 0.6) is 0 Å². The molecule has 0 amide bonds. The topological polar surface area (TPSA) is 3.24 Å². The van der Waals surface area contributed by atoms with Gasteiger partial charge in [0.2, 0.25) is 5.82 Å². The third-order valence-electron chi connectivity index (χ3n) is 3.04. The van der Waals surface area contributed by atoms with Gasteiger partial charge in [-0.2, -0.15) is 39.5 Å². The fourth-order valence-corrected chi connectivity index (χ4v) is 1.64. The van der Waals surface area contributed by atoms with E-state index in [0.29, 0.717) is 0 Å². The van der Waals surface area contributed by atoms with Crippen LogP contribution in [0.4, 0.5) is 71.5 Å². The third kappa shape index (κ3) is 3.11. The maximum atomic E-state index is 13.6. The fourth-order valence-electron chi connectivity index (χ4n) is 1.64. The van der Waals surface area contributed by atoms with E-state index in [1.165, 1.54) is 0 Å². The van der Waals surface area contributed by atoms with E-state index in [0.717, 1.165) is 0 Å². The molecule has 0 aromatic heterocycles. The number of hydrogen-bond donors (Lipinski definition) is 0. The van der Waals surface area contributed by atoms with E-state index >= 15 is 0 Å². The Morgan fingerprint density at radius 2 is 0.889 bits per heavy atom. The first-order valence-corrected chi connectivity index (χ1v) is 5.93. The molecule has 16 heteroatoms. The second kappa shape index (κ2) is 6.54. The molecule has 0 N–H and O–H groups in total. The van der Waals surface area contributed by atoms with Crippen LogP contribution in [-0.2, 0) is 0 Å². The Kier molecular flexibility index (Phi) is 5.57. The van der Waals surface area contributed by atoms with Crippen LogP contribution in [-0.4, -0.2) is 30.9 Å². The van der Waals surface area contributed by atoms with Gasteiger partial charge in [-0.1, -0.05) is 0 Å². The average Bonchev–Trinajstić information content (AvgIpc) is 2.53. The molecule has 0 aliphatic carbocycles. The van der Waals surface area contributed by atoms with Gasteiger partial charge in [0.1, 0.15) is 5.69 Å². The minimum absolute atomic E-state index is 2.44. The molecule has 0 saturated carbocycles. The number of hydrogen-bond acceptors (Lipinski definition) is 1. The van der Waals surface area contributed by atoms with Gasteiger partial charge >= 0.3 is 24.1 Å². The molecule has 1 nitrogen and oxygen atoms in total. The van der Waals surface area contributed by atoms with Crippen LogP contribution in [0, 0.1) is 29.1 Å². The lowest BCUT2D eigenvalue weighted by molar-refractivity contribution is -0.396. The standard InChI is InChI=1S/C11H2F15N/c12-1-27(7-5(16)3(14)2(13)4(15)6(7)17)11(25,26)9(20,21)8(18,19)10(22,23)24/h1H2. The van der Waals surface area contributed by atoms with Crippen molar-refractivity contribution in [1.82, 2.24) is 0 Å².